The van der Waals surface area contributed by atoms with Crippen molar-refractivity contribution in [1.29, 1.82) is 0 Å². The van der Waals surface area contributed by atoms with Gasteiger partial charge in [0.25, 0.3) is 11.5 Å². The highest BCUT2D eigenvalue weighted by Gasteiger charge is 2.37. The average Bonchev–Trinajstić information content (AvgIpc) is 3.28. The lowest BCUT2D eigenvalue weighted by molar-refractivity contribution is -0.924. The van der Waals surface area contributed by atoms with Gasteiger partial charge in [-0.25, -0.2) is 5.43 Å². The molecule has 4 heterocycles. The second kappa shape index (κ2) is 10.6. The molecule has 3 aromatic rings. The molecule has 0 saturated carbocycles. The number of likely N-dealkylation sites (tertiary alicyclic amines) is 1. The standard InChI is InChI=1S/C26H29N7O5/c1-3-38-23-8-7-17(11-27-28-26(35)25-22(33(36)37)16-30(2)29-25)9-20(23)15-31-12-18-10-19(14-31)21-5-4-6-24(34)32(21)13-18/h4-9,11,16,18-19H,3,10,12-15H2,1-2H3,(H,28,35)/p+1. The Morgan fingerprint density at radius 1 is 1.34 bits per heavy atom. The molecule has 198 valence electrons. The Morgan fingerprint density at radius 3 is 2.97 bits per heavy atom. The van der Waals surface area contributed by atoms with Gasteiger partial charge in [-0.2, -0.15) is 10.2 Å². The molecule has 2 N–H and O–H groups in total. The normalized spacial score (nSPS) is 20.2. The minimum atomic E-state index is -0.761. The summed E-state index contributed by atoms with van der Waals surface area (Å²) in [6.45, 7) is 5.90. The van der Waals surface area contributed by atoms with Crippen LogP contribution in [0.1, 0.15) is 46.6 Å². The highest BCUT2D eigenvalue weighted by Crippen LogP contribution is 2.30. The molecule has 2 aliphatic rings. The van der Waals surface area contributed by atoms with Crippen molar-refractivity contribution < 1.29 is 19.4 Å². The van der Waals surface area contributed by atoms with Crippen LogP contribution in [0.15, 0.2) is 52.5 Å². The van der Waals surface area contributed by atoms with Crippen LogP contribution < -0.4 is 20.6 Å². The van der Waals surface area contributed by atoms with E-state index in [1.165, 1.54) is 29.0 Å². The van der Waals surface area contributed by atoms with Gasteiger partial charge in [0.05, 0.1) is 30.8 Å². The quantitative estimate of drug-likeness (QED) is 0.257. The lowest BCUT2D eigenvalue weighted by Gasteiger charge is -2.40. The summed E-state index contributed by atoms with van der Waals surface area (Å²) in [5.41, 5.74) is 4.63. The van der Waals surface area contributed by atoms with Crippen molar-refractivity contribution in [3.05, 3.63) is 85.6 Å². The van der Waals surface area contributed by atoms with Gasteiger partial charge in [-0.15, -0.1) is 0 Å². The van der Waals surface area contributed by atoms with E-state index < -0.39 is 10.8 Å². The summed E-state index contributed by atoms with van der Waals surface area (Å²) in [6, 6.07) is 11.3. The van der Waals surface area contributed by atoms with E-state index in [0.29, 0.717) is 18.4 Å². The first kappa shape index (κ1) is 25.3. The molecule has 2 bridgehead atoms. The number of aryl methyl sites for hydroxylation is 1. The van der Waals surface area contributed by atoms with Gasteiger partial charge >= 0.3 is 5.69 Å². The van der Waals surface area contributed by atoms with Crippen LogP contribution in [-0.4, -0.2) is 51.1 Å². The van der Waals surface area contributed by atoms with Crippen LogP contribution in [0.5, 0.6) is 5.75 Å². The van der Waals surface area contributed by atoms with Crippen molar-refractivity contribution in [2.45, 2.75) is 32.4 Å². The first-order valence-electron chi connectivity index (χ1n) is 12.6. The number of carbonyl (C=O) groups is 1. The van der Waals surface area contributed by atoms with E-state index in [-0.39, 0.29) is 16.9 Å². The third kappa shape index (κ3) is 5.21. The number of hydrogen-bond acceptors (Lipinski definition) is 7. The molecule has 1 amide bonds. The molecule has 0 spiro atoms. The zero-order valence-electron chi connectivity index (χ0n) is 21.3. The molecule has 0 radical (unpaired) electrons. The fourth-order valence-electron chi connectivity index (χ4n) is 5.64. The molecule has 0 aliphatic carbocycles. The predicted molar refractivity (Wildman–Crippen MR) is 138 cm³/mol. The van der Waals surface area contributed by atoms with Crippen molar-refractivity contribution in [2.75, 3.05) is 19.7 Å². The number of nitrogens with one attached hydrogen (secondary N) is 2. The number of amides is 1. The van der Waals surface area contributed by atoms with Crippen LogP contribution in [0, 0.1) is 16.0 Å². The fourth-order valence-corrected chi connectivity index (χ4v) is 5.64. The molecular formula is C26H30N7O5+. The van der Waals surface area contributed by atoms with Crippen molar-refractivity contribution in [3.63, 3.8) is 0 Å². The molecule has 1 saturated heterocycles. The number of piperidine rings is 1. The largest absolute Gasteiger partial charge is 0.493 e. The van der Waals surface area contributed by atoms with Crippen LogP contribution in [-0.2, 0) is 20.1 Å². The summed E-state index contributed by atoms with van der Waals surface area (Å²) < 4.78 is 9.04. The first-order valence-corrected chi connectivity index (χ1v) is 12.6. The molecule has 1 fully saturated rings. The number of hydrogen-bond donors (Lipinski definition) is 2. The number of aromatic nitrogens is 3. The summed E-state index contributed by atoms with van der Waals surface area (Å²) in [5, 5.41) is 19.0. The van der Waals surface area contributed by atoms with Gasteiger partial charge < -0.3 is 14.2 Å². The lowest BCUT2D eigenvalue weighted by Crippen LogP contribution is -3.13. The molecular weight excluding hydrogens is 490 g/mol. The molecule has 38 heavy (non-hydrogen) atoms. The topological polar surface area (TPSA) is 138 Å². The molecule has 12 nitrogen and oxygen atoms in total. The zero-order chi connectivity index (χ0) is 26.8. The number of benzene rings is 1. The number of rotatable bonds is 8. The number of ether oxygens (including phenoxy) is 1. The number of nitrogens with zero attached hydrogens (tertiary/aromatic N) is 5. The van der Waals surface area contributed by atoms with Gasteiger partial charge in [0, 0.05) is 42.8 Å². The van der Waals surface area contributed by atoms with Gasteiger partial charge in [0.2, 0.25) is 5.69 Å². The molecule has 3 atom stereocenters. The Morgan fingerprint density at radius 2 is 2.18 bits per heavy atom. The predicted octanol–water partition coefficient (Wildman–Crippen LogP) is 0.855. The maximum absolute atomic E-state index is 12.4. The van der Waals surface area contributed by atoms with Gasteiger partial charge in [-0.3, -0.25) is 24.4 Å². The zero-order valence-corrected chi connectivity index (χ0v) is 21.3. The maximum atomic E-state index is 12.4. The number of carbonyl (C=O) groups excluding carboxylic acids is 1. The van der Waals surface area contributed by atoms with Crippen LogP contribution in [0.4, 0.5) is 5.69 Å². The van der Waals surface area contributed by atoms with Crippen molar-refractivity contribution in [1.82, 2.24) is 19.8 Å². The highest BCUT2D eigenvalue weighted by molar-refractivity contribution is 5.96. The van der Waals surface area contributed by atoms with Crippen LogP contribution in [0.2, 0.25) is 0 Å². The second-order valence-electron chi connectivity index (χ2n) is 9.83. The van der Waals surface area contributed by atoms with E-state index in [0.717, 1.165) is 55.2 Å². The van der Waals surface area contributed by atoms with Crippen molar-refractivity contribution in [2.24, 2.45) is 18.1 Å². The van der Waals surface area contributed by atoms with E-state index in [1.807, 2.05) is 35.8 Å². The number of nitro groups is 1. The number of pyridine rings is 1. The maximum Gasteiger partial charge on any atom is 0.320 e. The first-order chi connectivity index (χ1) is 18.3. The Hall–Kier alpha value is -4.32. The van der Waals surface area contributed by atoms with Crippen LogP contribution in [0.25, 0.3) is 0 Å². The van der Waals surface area contributed by atoms with Gasteiger partial charge in [0.15, 0.2) is 0 Å². The number of quaternary nitrogens is 1. The number of hydrazone groups is 1. The molecule has 12 heteroatoms. The Kier molecular flexibility index (Phi) is 7.05. The van der Waals surface area contributed by atoms with Crippen LogP contribution in [0.3, 0.4) is 0 Å². The van der Waals surface area contributed by atoms with Gasteiger partial charge in [0.1, 0.15) is 18.5 Å². The summed E-state index contributed by atoms with van der Waals surface area (Å²) in [6.07, 6.45) is 3.77. The minimum absolute atomic E-state index is 0.0796. The van der Waals surface area contributed by atoms with Gasteiger partial charge in [-0.1, -0.05) is 6.07 Å². The molecule has 5 rings (SSSR count). The van der Waals surface area contributed by atoms with Crippen molar-refractivity contribution >= 4 is 17.8 Å². The highest BCUT2D eigenvalue weighted by atomic mass is 16.6. The summed E-state index contributed by atoms with van der Waals surface area (Å²) in [4.78, 5) is 36.7. The average molecular weight is 521 g/mol. The third-order valence-electron chi connectivity index (χ3n) is 7.10. The van der Waals surface area contributed by atoms with Crippen LogP contribution >= 0.6 is 0 Å². The summed E-state index contributed by atoms with van der Waals surface area (Å²) in [5.74, 6) is 0.834. The Labute approximate surface area is 218 Å². The minimum Gasteiger partial charge on any atom is -0.493 e. The van der Waals surface area contributed by atoms with Gasteiger partial charge in [-0.05, 0) is 43.2 Å². The van der Waals surface area contributed by atoms with E-state index in [9.17, 15) is 19.7 Å². The summed E-state index contributed by atoms with van der Waals surface area (Å²) >= 11 is 0. The third-order valence-corrected chi connectivity index (χ3v) is 7.10. The fraction of sp³-hybridized carbons (Fsp3) is 0.385. The van der Waals surface area contributed by atoms with E-state index in [1.54, 1.807) is 6.07 Å². The molecule has 2 aromatic heterocycles. The lowest BCUT2D eigenvalue weighted by atomic mass is 9.83. The van der Waals surface area contributed by atoms with E-state index in [4.69, 9.17) is 4.74 Å². The SMILES string of the molecule is CCOc1ccc(C=NNC(=O)c2nn(C)cc2[N+](=O)[O-])cc1C[NH+]1CC2CC(C1)c1cccc(=O)n1C2. The monoisotopic (exact) mass is 520 g/mol. The Bertz CT molecular complexity index is 1460. The van der Waals surface area contributed by atoms with E-state index in [2.05, 4.69) is 21.7 Å². The Balaban J connectivity index is 1.30. The van der Waals surface area contributed by atoms with E-state index >= 15 is 0 Å². The molecule has 2 aliphatic heterocycles. The summed E-state index contributed by atoms with van der Waals surface area (Å²) in [7, 11) is 1.50. The smallest absolute Gasteiger partial charge is 0.320 e. The molecule has 3 unspecified atom stereocenters. The number of fused-ring (bicyclic) bond motifs is 4. The second-order valence-corrected chi connectivity index (χ2v) is 9.83. The van der Waals surface area contributed by atoms with Crippen molar-refractivity contribution in [3.8, 4) is 5.75 Å². The molecule has 1 aromatic carbocycles.